The maximum Gasteiger partial charge on any atom is 0.139 e. The van der Waals surface area contributed by atoms with E-state index >= 15 is 0 Å². The lowest BCUT2D eigenvalue weighted by atomic mass is 9.75. The van der Waals surface area contributed by atoms with Gasteiger partial charge in [-0.1, -0.05) is 18.9 Å². The number of carbonyl (C=O) groups is 1. The highest BCUT2D eigenvalue weighted by atomic mass is 127. The fourth-order valence-corrected chi connectivity index (χ4v) is 3.56. The summed E-state index contributed by atoms with van der Waals surface area (Å²) in [5.74, 6) is 1.16. The highest BCUT2D eigenvalue weighted by molar-refractivity contribution is 14.1. The van der Waals surface area contributed by atoms with Crippen molar-refractivity contribution in [2.24, 2.45) is 11.3 Å². The summed E-state index contributed by atoms with van der Waals surface area (Å²) in [7, 11) is 0. The van der Waals surface area contributed by atoms with Crippen LogP contribution < -0.4 is 0 Å². The van der Waals surface area contributed by atoms with Gasteiger partial charge in [-0.05, 0) is 64.7 Å². The molecule has 2 fully saturated rings. The Bertz CT molecular complexity index is 314. The number of hydrogen-bond acceptors (Lipinski definition) is 1. The minimum Gasteiger partial charge on any atom is -0.299 e. The van der Waals surface area contributed by atoms with E-state index in [-0.39, 0.29) is 5.41 Å². The zero-order valence-electron chi connectivity index (χ0n) is 9.61. The van der Waals surface area contributed by atoms with Gasteiger partial charge >= 0.3 is 0 Å². The van der Waals surface area contributed by atoms with Crippen LogP contribution in [0.25, 0.3) is 0 Å². The van der Waals surface area contributed by atoms with E-state index in [0.717, 1.165) is 19.3 Å². The summed E-state index contributed by atoms with van der Waals surface area (Å²) >= 11 is 2.41. The molecule has 0 bridgehead atoms. The summed E-state index contributed by atoms with van der Waals surface area (Å²) in [6.07, 6.45) is 6.66. The van der Waals surface area contributed by atoms with Crippen molar-refractivity contribution < 1.29 is 4.79 Å². The van der Waals surface area contributed by atoms with Crippen molar-refractivity contribution in [1.82, 2.24) is 0 Å². The molecule has 2 rings (SSSR count). The minimum atomic E-state index is -0.0156. The molecule has 1 nitrogen and oxygen atoms in total. The lowest BCUT2D eigenvalue weighted by Crippen LogP contribution is -2.29. The molecule has 2 saturated carbocycles. The van der Waals surface area contributed by atoms with Crippen molar-refractivity contribution in [3.63, 3.8) is 0 Å². The Balaban J connectivity index is 2.30. The average Bonchev–Trinajstić information content (AvgIpc) is 2.46. The SMILES string of the molecule is C/C(I)=C1/C[C@H]2CCCCC(=O)[C@@]2(C)C1. The van der Waals surface area contributed by atoms with Gasteiger partial charge in [0.15, 0.2) is 0 Å². The standard InChI is InChI=1S/C13H19IO/c1-9(14)10-7-11-5-3-4-6-12(15)13(11,2)8-10/h11H,3-8H2,1-2H3/b10-9+/t11-,13+/m1/s1. The van der Waals surface area contributed by atoms with Crippen LogP contribution in [-0.4, -0.2) is 5.78 Å². The Hall–Kier alpha value is 0.140. The number of allylic oxidation sites excluding steroid dienone is 2. The maximum absolute atomic E-state index is 12.2. The van der Waals surface area contributed by atoms with Crippen LogP contribution in [0.3, 0.4) is 0 Å². The topological polar surface area (TPSA) is 17.1 Å². The van der Waals surface area contributed by atoms with Crippen molar-refractivity contribution in [3.8, 4) is 0 Å². The minimum absolute atomic E-state index is 0.0156. The van der Waals surface area contributed by atoms with E-state index in [1.165, 1.54) is 22.8 Å². The van der Waals surface area contributed by atoms with Crippen LogP contribution in [0.5, 0.6) is 0 Å². The third-order valence-electron chi connectivity index (χ3n) is 4.31. The van der Waals surface area contributed by atoms with Gasteiger partial charge in [-0.15, -0.1) is 0 Å². The third kappa shape index (κ3) is 2.02. The first-order valence-corrected chi connectivity index (χ1v) is 6.99. The first-order chi connectivity index (χ1) is 7.04. The number of halogens is 1. The molecule has 0 aromatic rings. The summed E-state index contributed by atoms with van der Waals surface area (Å²) in [5, 5.41) is 0. The molecule has 2 heteroatoms. The second kappa shape index (κ2) is 4.19. The van der Waals surface area contributed by atoms with E-state index in [4.69, 9.17) is 0 Å². The summed E-state index contributed by atoms with van der Waals surface area (Å²) in [4.78, 5) is 12.2. The number of Topliss-reactive ketones (excluding diaryl/α,β-unsaturated/α-hetero) is 1. The first kappa shape index (κ1) is 11.6. The molecule has 0 heterocycles. The van der Waals surface area contributed by atoms with Crippen LogP contribution in [0.2, 0.25) is 0 Å². The largest absolute Gasteiger partial charge is 0.299 e. The van der Waals surface area contributed by atoms with E-state index in [1.54, 1.807) is 5.57 Å². The van der Waals surface area contributed by atoms with Gasteiger partial charge in [0, 0.05) is 11.8 Å². The molecule has 0 unspecified atom stereocenters. The normalized spacial score (nSPS) is 39.9. The zero-order valence-corrected chi connectivity index (χ0v) is 11.8. The van der Waals surface area contributed by atoms with Crippen molar-refractivity contribution in [1.29, 1.82) is 0 Å². The zero-order chi connectivity index (χ0) is 11.1. The molecule has 84 valence electrons. The molecular formula is C13H19IO. The third-order valence-corrected chi connectivity index (χ3v) is 5.07. The molecule has 0 N–H and O–H groups in total. The summed E-state index contributed by atoms with van der Waals surface area (Å²) in [6.45, 7) is 4.38. The Morgan fingerprint density at radius 2 is 2.20 bits per heavy atom. The highest BCUT2D eigenvalue weighted by Crippen LogP contribution is 2.52. The van der Waals surface area contributed by atoms with Gasteiger partial charge in [-0.25, -0.2) is 0 Å². The maximum atomic E-state index is 12.2. The Morgan fingerprint density at radius 3 is 2.87 bits per heavy atom. The van der Waals surface area contributed by atoms with E-state index < -0.39 is 0 Å². The van der Waals surface area contributed by atoms with Crippen LogP contribution in [0.4, 0.5) is 0 Å². The Labute approximate surface area is 106 Å². The fraction of sp³-hybridized carbons (Fsp3) is 0.769. The van der Waals surface area contributed by atoms with Gasteiger partial charge in [0.2, 0.25) is 0 Å². The van der Waals surface area contributed by atoms with E-state index in [9.17, 15) is 4.79 Å². The number of fused-ring (bicyclic) bond motifs is 1. The molecule has 2 aliphatic rings. The average molecular weight is 318 g/mol. The summed E-state index contributed by atoms with van der Waals surface area (Å²) < 4.78 is 1.41. The molecule has 2 atom stereocenters. The summed E-state index contributed by atoms with van der Waals surface area (Å²) in [6, 6.07) is 0. The van der Waals surface area contributed by atoms with Crippen molar-refractivity contribution in [2.75, 3.05) is 0 Å². The molecule has 0 aromatic heterocycles. The number of ketones is 1. The highest BCUT2D eigenvalue weighted by Gasteiger charge is 2.47. The summed E-state index contributed by atoms with van der Waals surface area (Å²) in [5.41, 5.74) is 1.52. The number of hydrogen-bond donors (Lipinski definition) is 0. The Kier molecular flexibility index (Phi) is 3.25. The molecule has 0 saturated heterocycles. The van der Waals surface area contributed by atoms with Gasteiger partial charge in [0.1, 0.15) is 5.78 Å². The predicted octanol–water partition coefficient (Wildman–Crippen LogP) is 4.25. The van der Waals surface area contributed by atoms with E-state index in [1.807, 2.05) is 0 Å². The number of rotatable bonds is 0. The van der Waals surface area contributed by atoms with Crippen molar-refractivity contribution >= 4 is 28.4 Å². The monoisotopic (exact) mass is 318 g/mol. The van der Waals surface area contributed by atoms with Crippen LogP contribution in [-0.2, 0) is 4.79 Å². The fourth-order valence-electron chi connectivity index (χ4n) is 3.15. The van der Waals surface area contributed by atoms with E-state index in [0.29, 0.717) is 11.7 Å². The first-order valence-electron chi connectivity index (χ1n) is 5.91. The van der Waals surface area contributed by atoms with Gasteiger partial charge < -0.3 is 0 Å². The molecule has 0 amide bonds. The second-order valence-electron chi connectivity index (χ2n) is 5.30. The molecule has 0 aromatic carbocycles. The molecule has 15 heavy (non-hydrogen) atoms. The van der Waals surface area contributed by atoms with Crippen LogP contribution in [0.1, 0.15) is 52.4 Å². The van der Waals surface area contributed by atoms with Gasteiger partial charge in [0.25, 0.3) is 0 Å². The lowest BCUT2D eigenvalue weighted by molar-refractivity contribution is -0.129. The predicted molar refractivity (Wildman–Crippen MR) is 71.0 cm³/mol. The smallest absolute Gasteiger partial charge is 0.139 e. The van der Waals surface area contributed by atoms with E-state index in [2.05, 4.69) is 36.4 Å². The molecule has 0 aliphatic heterocycles. The van der Waals surface area contributed by atoms with Crippen molar-refractivity contribution in [2.45, 2.75) is 52.4 Å². The van der Waals surface area contributed by atoms with Gasteiger partial charge in [-0.2, -0.15) is 0 Å². The van der Waals surface area contributed by atoms with Gasteiger partial charge in [-0.3, -0.25) is 4.79 Å². The molecule has 0 spiro atoms. The quantitative estimate of drug-likeness (QED) is 0.610. The molecular weight excluding hydrogens is 299 g/mol. The molecule has 0 radical (unpaired) electrons. The number of carbonyl (C=O) groups excluding carboxylic acids is 1. The Morgan fingerprint density at radius 1 is 1.47 bits per heavy atom. The molecule has 2 aliphatic carbocycles. The van der Waals surface area contributed by atoms with Crippen LogP contribution in [0.15, 0.2) is 9.15 Å². The van der Waals surface area contributed by atoms with Gasteiger partial charge in [0.05, 0.1) is 0 Å². The lowest BCUT2D eigenvalue weighted by Gasteiger charge is -2.27. The van der Waals surface area contributed by atoms with Crippen molar-refractivity contribution in [3.05, 3.63) is 9.15 Å². The second-order valence-corrected chi connectivity index (χ2v) is 6.92. The van der Waals surface area contributed by atoms with Crippen LogP contribution in [0, 0.1) is 11.3 Å². The van der Waals surface area contributed by atoms with Crippen LogP contribution >= 0.6 is 22.6 Å².